The molecule has 0 unspecified atom stereocenters. The average Bonchev–Trinajstić information content (AvgIpc) is 2.84. The topological polar surface area (TPSA) is 103 Å². The van der Waals surface area contributed by atoms with Crippen molar-refractivity contribution in [3.63, 3.8) is 0 Å². The zero-order chi connectivity index (χ0) is 15.4. The molecule has 0 aliphatic carbocycles. The summed E-state index contributed by atoms with van der Waals surface area (Å²) in [6.07, 6.45) is 1.47. The molecule has 1 aromatic carbocycles. The van der Waals surface area contributed by atoms with E-state index in [0.717, 1.165) is 6.54 Å². The van der Waals surface area contributed by atoms with Gasteiger partial charge in [-0.15, -0.1) is 0 Å². The number of aromatic carboxylic acids is 1. The molecule has 112 valence electrons. The molecule has 3 N–H and O–H groups in total. The van der Waals surface area contributed by atoms with Crippen LogP contribution in [-0.4, -0.2) is 25.8 Å². The number of nitrogens with two attached hydrogens (primary N) is 1. The highest BCUT2D eigenvalue weighted by atomic mass is 16.5. The average molecular weight is 290 g/mol. The molecular formula is C14H18N4O3. The van der Waals surface area contributed by atoms with E-state index in [9.17, 15) is 4.79 Å². The number of nitrogen functional groups attached to an aromatic ring is 1. The third-order valence-corrected chi connectivity index (χ3v) is 2.85. The summed E-state index contributed by atoms with van der Waals surface area (Å²) in [7, 11) is 0. The summed E-state index contributed by atoms with van der Waals surface area (Å²) in [5.74, 6) is 0.409. The van der Waals surface area contributed by atoms with Crippen molar-refractivity contribution in [2.45, 2.75) is 27.0 Å². The second-order valence-electron chi connectivity index (χ2n) is 5.10. The van der Waals surface area contributed by atoms with E-state index >= 15 is 0 Å². The quantitative estimate of drug-likeness (QED) is 0.786. The Hall–Kier alpha value is -2.57. The van der Waals surface area contributed by atoms with E-state index in [4.69, 9.17) is 15.6 Å². The predicted octanol–water partition coefficient (Wildman–Crippen LogP) is 1.79. The molecule has 1 heterocycles. The molecule has 7 nitrogen and oxygen atoms in total. The summed E-state index contributed by atoms with van der Waals surface area (Å²) in [5, 5.41) is 13.1. The van der Waals surface area contributed by atoms with E-state index in [2.05, 4.69) is 23.9 Å². The maximum absolute atomic E-state index is 10.9. The fraction of sp³-hybridized carbons (Fsp3) is 0.357. The van der Waals surface area contributed by atoms with Crippen molar-refractivity contribution in [2.75, 3.05) is 5.73 Å². The predicted molar refractivity (Wildman–Crippen MR) is 77.0 cm³/mol. The molecule has 21 heavy (non-hydrogen) atoms. The van der Waals surface area contributed by atoms with Gasteiger partial charge < -0.3 is 15.6 Å². The summed E-state index contributed by atoms with van der Waals surface area (Å²) >= 11 is 0. The number of hydrogen-bond donors (Lipinski definition) is 2. The normalized spacial score (nSPS) is 10.8. The molecule has 0 aliphatic rings. The van der Waals surface area contributed by atoms with Crippen LogP contribution in [0, 0.1) is 5.92 Å². The molecule has 0 amide bonds. The number of ether oxygens (including phenoxy) is 1. The SMILES string of the molecule is CC(C)Cn1ncnc1COc1cc(C(=O)O)ccc1N. The Bertz CT molecular complexity index is 637. The second kappa shape index (κ2) is 6.25. The molecule has 0 aliphatic heterocycles. The first kappa shape index (κ1) is 14.8. The zero-order valence-electron chi connectivity index (χ0n) is 12.0. The number of carboxylic acids is 1. The number of nitrogens with zero attached hydrogens (tertiary/aromatic N) is 3. The standard InChI is InChI=1S/C14H18N4O3/c1-9(2)6-18-13(16-8-17-18)7-21-12-5-10(14(19)20)3-4-11(12)15/h3-5,8-9H,6-7,15H2,1-2H3,(H,19,20). The number of benzene rings is 1. The van der Waals surface area contributed by atoms with Gasteiger partial charge in [0.2, 0.25) is 0 Å². The van der Waals surface area contributed by atoms with Crippen LogP contribution in [0.5, 0.6) is 5.75 Å². The minimum absolute atomic E-state index is 0.128. The fourth-order valence-electron chi connectivity index (χ4n) is 1.83. The molecule has 0 atom stereocenters. The molecule has 0 radical (unpaired) electrons. The van der Waals surface area contributed by atoms with Crippen LogP contribution in [0.25, 0.3) is 0 Å². The number of rotatable bonds is 6. The molecular weight excluding hydrogens is 272 g/mol. The lowest BCUT2D eigenvalue weighted by Gasteiger charge is -2.11. The molecule has 1 aromatic heterocycles. The highest BCUT2D eigenvalue weighted by Crippen LogP contribution is 2.23. The van der Waals surface area contributed by atoms with E-state index < -0.39 is 5.97 Å². The lowest BCUT2D eigenvalue weighted by molar-refractivity contribution is 0.0696. The lowest BCUT2D eigenvalue weighted by atomic mass is 10.2. The summed E-state index contributed by atoms with van der Waals surface area (Å²) < 4.78 is 7.35. The van der Waals surface area contributed by atoms with Crippen molar-refractivity contribution >= 4 is 11.7 Å². The monoisotopic (exact) mass is 290 g/mol. The molecule has 0 fully saturated rings. The fourth-order valence-corrected chi connectivity index (χ4v) is 1.83. The van der Waals surface area contributed by atoms with Crippen molar-refractivity contribution < 1.29 is 14.6 Å². The van der Waals surface area contributed by atoms with Gasteiger partial charge in [0.1, 0.15) is 18.7 Å². The maximum Gasteiger partial charge on any atom is 0.335 e. The summed E-state index contributed by atoms with van der Waals surface area (Å²) in [6.45, 7) is 5.09. The second-order valence-corrected chi connectivity index (χ2v) is 5.10. The van der Waals surface area contributed by atoms with Crippen LogP contribution in [0.2, 0.25) is 0 Å². The largest absolute Gasteiger partial charge is 0.483 e. The Balaban J connectivity index is 2.11. The van der Waals surface area contributed by atoms with E-state index in [0.29, 0.717) is 23.2 Å². The van der Waals surface area contributed by atoms with Crippen LogP contribution in [0.15, 0.2) is 24.5 Å². The van der Waals surface area contributed by atoms with Crippen LogP contribution in [0.1, 0.15) is 30.0 Å². The van der Waals surface area contributed by atoms with Gasteiger partial charge in [-0.1, -0.05) is 13.8 Å². The first-order chi connectivity index (χ1) is 9.97. The van der Waals surface area contributed by atoms with Crippen LogP contribution < -0.4 is 10.5 Å². The number of carbonyl (C=O) groups is 1. The Labute approximate surface area is 122 Å². The minimum Gasteiger partial charge on any atom is -0.483 e. The Kier molecular flexibility index (Phi) is 4.42. The van der Waals surface area contributed by atoms with Crippen LogP contribution in [-0.2, 0) is 13.2 Å². The maximum atomic E-state index is 10.9. The number of hydrogen-bond acceptors (Lipinski definition) is 5. The van der Waals surface area contributed by atoms with Crippen molar-refractivity contribution in [2.24, 2.45) is 5.92 Å². The van der Waals surface area contributed by atoms with Crippen LogP contribution in [0.4, 0.5) is 5.69 Å². The molecule has 2 aromatic rings. The van der Waals surface area contributed by atoms with Crippen LogP contribution in [0.3, 0.4) is 0 Å². The third-order valence-electron chi connectivity index (χ3n) is 2.85. The highest BCUT2D eigenvalue weighted by molar-refractivity contribution is 5.89. The third kappa shape index (κ3) is 3.71. The molecule has 0 bridgehead atoms. The van der Waals surface area contributed by atoms with E-state index in [1.54, 1.807) is 4.68 Å². The molecule has 7 heteroatoms. The number of carboxylic acid groups (broad SMARTS) is 1. The van der Waals surface area contributed by atoms with Crippen LogP contribution >= 0.6 is 0 Å². The summed E-state index contributed by atoms with van der Waals surface area (Å²) in [5.41, 5.74) is 6.30. The van der Waals surface area contributed by atoms with Crippen molar-refractivity contribution in [3.8, 4) is 5.75 Å². The van der Waals surface area contributed by atoms with Gasteiger partial charge in [0.25, 0.3) is 0 Å². The molecule has 0 saturated carbocycles. The van der Waals surface area contributed by atoms with Gasteiger partial charge in [0, 0.05) is 6.54 Å². The summed E-state index contributed by atoms with van der Waals surface area (Å²) in [6, 6.07) is 4.35. The van der Waals surface area contributed by atoms with Crippen molar-refractivity contribution in [1.82, 2.24) is 14.8 Å². The summed E-state index contributed by atoms with van der Waals surface area (Å²) in [4.78, 5) is 15.1. The van der Waals surface area contributed by atoms with Gasteiger partial charge in [0.15, 0.2) is 5.82 Å². The Morgan fingerprint density at radius 3 is 2.90 bits per heavy atom. The molecule has 0 spiro atoms. The zero-order valence-corrected chi connectivity index (χ0v) is 12.0. The Morgan fingerprint density at radius 1 is 1.48 bits per heavy atom. The first-order valence-corrected chi connectivity index (χ1v) is 6.59. The van der Waals surface area contributed by atoms with Crippen molar-refractivity contribution in [1.29, 1.82) is 0 Å². The van der Waals surface area contributed by atoms with Gasteiger partial charge in [-0.3, -0.25) is 0 Å². The highest BCUT2D eigenvalue weighted by Gasteiger charge is 2.11. The first-order valence-electron chi connectivity index (χ1n) is 6.59. The Morgan fingerprint density at radius 2 is 2.24 bits per heavy atom. The molecule has 2 rings (SSSR count). The molecule has 0 saturated heterocycles. The minimum atomic E-state index is -1.03. The van der Waals surface area contributed by atoms with E-state index in [-0.39, 0.29) is 12.2 Å². The number of anilines is 1. The van der Waals surface area contributed by atoms with Gasteiger partial charge in [-0.2, -0.15) is 5.10 Å². The van der Waals surface area contributed by atoms with Gasteiger partial charge in [0.05, 0.1) is 11.3 Å². The number of aromatic nitrogens is 3. The van der Waals surface area contributed by atoms with Gasteiger partial charge >= 0.3 is 5.97 Å². The smallest absolute Gasteiger partial charge is 0.335 e. The van der Waals surface area contributed by atoms with Crippen molar-refractivity contribution in [3.05, 3.63) is 35.9 Å². The van der Waals surface area contributed by atoms with Gasteiger partial charge in [-0.05, 0) is 24.1 Å². The van der Waals surface area contributed by atoms with E-state index in [1.165, 1.54) is 24.5 Å². The lowest BCUT2D eigenvalue weighted by Crippen LogP contribution is -2.12. The van der Waals surface area contributed by atoms with E-state index in [1.807, 2.05) is 0 Å². The van der Waals surface area contributed by atoms with Gasteiger partial charge in [-0.25, -0.2) is 14.5 Å².